The summed E-state index contributed by atoms with van der Waals surface area (Å²) in [4.78, 5) is 16.2. The fourth-order valence-electron chi connectivity index (χ4n) is 3.55. The van der Waals surface area contributed by atoms with Crippen LogP contribution in [-0.2, 0) is 0 Å². The van der Waals surface area contributed by atoms with Crippen LogP contribution in [0.4, 0.5) is 5.69 Å². The Balaban J connectivity index is 1.30. The van der Waals surface area contributed by atoms with Crippen molar-refractivity contribution in [3.8, 4) is 5.75 Å². The predicted molar refractivity (Wildman–Crippen MR) is 114 cm³/mol. The van der Waals surface area contributed by atoms with E-state index in [0.717, 1.165) is 56.3 Å². The molecule has 1 fully saturated rings. The van der Waals surface area contributed by atoms with E-state index >= 15 is 0 Å². The summed E-state index contributed by atoms with van der Waals surface area (Å²) in [5.41, 5.74) is 1.89. The second-order valence-electron chi connectivity index (χ2n) is 7.16. The van der Waals surface area contributed by atoms with Crippen LogP contribution in [-0.4, -0.2) is 52.3 Å². The molecule has 5 nitrogen and oxygen atoms in total. The van der Waals surface area contributed by atoms with Crippen molar-refractivity contribution in [2.75, 3.05) is 51.3 Å². The number of nitrogens with one attached hydrogen (secondary N) is 2. The quantitative estimate of drug-likeness (QED) is 0.666. The molecule has 0 unspecified atom stereocenters. The number of halogens is 1. The Labute approximate surface area is 172 Å². The van der Waals surface area contributed by atoms with Gasteiger partial charge in [-0.3, -0.25) is 4.79 Å². The van der Waals surface area contributed by atoms with Gasteiger partial charge in [0.1, 0.15) is 5.75 Å². The van der Waals surface area contributed by atoms with Crippen LogP contribution in [0.3, 0.4) is 0 Å². The van der Waals surface area contributed by atoms with Gasteiger partial charge in [-0.05, 0) is 55.3 Å². The Bertz CT molecular complexity index is 759. The van der Waals surface area contributed by atoms with Gasteiger partial charge in [0.25, 0.3) is 5.91 Å². The van der Waals surface area contributed by atoms with E-state index in [-0.39, 0.29) is 5.91 Å². The monoisotopic (exact) mass is 402 g/mol. The van der Waals surface area contributed by atoms with Crippen LogP contribution in [0.1, 0.15) is 23.2 Å². The summed E-state index contributed by atoms with van der Waals surface area (Å²) in [6.07, 6.45) is 2.12. The second kappa shape index (κ2) is 10.3. The molecule has 1 aliphatic rings. The second-order valence-corrected chi connectivity index (χ2v) is 7.59. The van der Waals surface area contributed by atoms with E-state index in [1.165, 1.54) is 5.69 Å². The van der Waals surface area contributed by atoms with Crippen LogP contribution >= 0.6 is 11.6 Å². The predicted octanol–water partition coefficient (Wildman–Crippen LogP) is 2.26. The van der Waals surface area contributed by atoms with E-state index in [4.69, 9.17) is 16.3 Å². The molecule has 0 aliphatic carbocycles. The van der Waals surface area contributed by atoms with Crippen LogP contribution < -0.4 is 19.9 Å². The van der Waals surface area contributed by atoms with E-state index in [2.05, 4.69) is 16.3 Å². The Morgan fingerprint density at radius 1 is 1.14 bits per heavy atom. The summed E-state index contributed by atoms with van der Waals surface area (Å²) in [5.74, 6) is 0.736. The fourth-order valence-corrected chi connectivity index (χ4v) is 3.73. The van der Waals surface area contributed by atoms with E-state index in [1.54, 1.807) is 36.3 Å². The molecule has 0 spiro atoms. The molecule has 2 aromatic rings. The lowest BCUT2D eigenvalue weighted by Crippen LogP contribution is -3.14. The first kappa shape index (κ1) is 20.5. The number of anilines is 1. The molecule has 1 aliphatic heterocycles. The zero-order valence-corrected chi connectivity index (χ0v) is 17.2. The molecule has 28 heavy (non-hydrogen) atoms. The number of unbranched alkanes of at least 4 members (excludes halogenated alkanes) is 1. The lowest BCUT2D eigenvalue weighted by atomic mass is 10.2. The third-order valence-electron chi connectivity index (χ3n) is 5.24. The zero-order chi connectivity index (χ0) is 19.8. The third-order valence-corrected chi connectivity index (χ3v) is 5.47. The number of quaternary nitrogens is 1. The minimum atomic E-state index is -0.0230. The molecule has 6 heteroatoms. The summed E-state index contributed by atoms with van der Waals surface area (Å²) in [7, 11) is 1.62. The van der Waals surface area contributed by atoms with E-state index in [1.807, 2.05) is 18.2 Å². The summed E-state index contributed by atoms with van der Waals surface area (Å²) in [5, 5.41) is 3.79. The van der Waals surface area contributed by atoms with Gasteiger partial charge in [-0.1, -0.05) is 17.7 Å². The fraction of sp³-hybridized carbons (Fsp3) is 0.409. The average Bonchev–Trinajstić information content (AvgIpc) is 2.74. The van der Waals surface area contributed by atoms with Crippen LogP contribution in [0.5, 0.6) is 5.75 Å². The number of ether oxygens (including phenoxy) is 1. The summed E-state index contributed by atoms with van der Waals surface area (Å²) >= 11 is 6.10. The van der Waals surface area contributed by atoms with Crippen molar-refractivity contribution >= 4 is 23.2 Å². The Kier molecular flexibility index (Phi) is 7.57. The number of nitrogens with zero attached hydrogens (tertiary/aromatic N) is 1. The SMILES string of the molecule is COc1ccc(C(=O)NCCCC[NH+]2CCN(c3cccc(Cl)c3)CC2)cc1. The maximum absolute atomic E-state index is 12.1. The first-order valence-electron chi connectivity index (χ1n) is 9.92. The standard InChI is InChI=1S/C22H28ClN3O2/c1-28-21-9-7-18(8-10-21)22(27)24-11-2-3-12-25-13-15-26(16-14-25)20-6-4-5-19(23)17-20/h4-10,17H,2-3,11-16H2,1H3,(H,24,27)/p+1. The van der Waals surface area contributed by atoms with Crippen LogP contribution in [0.15, 0.2) is 48.5 Å². The van der Waals surface area contributed by atoms with E-state index in [9.17, 15) is 4.79 Å². The van der Waals surface area contributed by atoms with Crippen molar-refractivity contribution < 1.29 is 14.4 Å². The number of rotatable bonds is 8. The van der Waals surface area contributed by atoms with Crippen molar-refractivity contribution in [1.82, 2.24) is 5.32 Å². The Morgan fingerprint density at radius 2 is 1.89 bits per heavy atom. The number of carbonyl (C=O) groups is 1. The smallest absolute Gasteiger partial charge is 0.251 e. The number of piperazine rings is 1. The largest absolute Gasteiger partial charge is 0.497 e. The van der Waals surface area contributed by atoms with E-state index < -0.39 is 0 Å². The van der Waals surface area contributed by atoms with Gasteiger partial charge in [0.15, 0.2) is 0 Å². The number of hydrogen-bond donors (Lipinski definition) is 2. The summed E-state index contributed by atoms with van der Waals surface area (Å²) < 4.78 is 5.11. The highest BCUT2D eigenvalue weighted by molar-refractivity contribution is 6.30. The summed E-state index contributed by atoms with van der Waals surface area (Å²) in [6, 6.07) is 15.3. The molecule has 0 saturated carbocycles. The van der Waals surface area contributed by atoms with Gasteiger partial charge < -0.3 is 19.9 Å². The van der Waals surface area contributed by atoms with Gasteiger partial charge in [-0.2, -0.15) is 0 Å². The van der Waals surface area contributed by atoms with Crippen LogP contribution in [0.25, 0.3) is 0 Å². The number of benzene rings is 2. The van der Waals surface area contributed by atoms with Gasteiger partial charge in [0.05, 0.1) is 39.8 Å². The molecule has 150 valence electrons. The first-order valence-corrected chi connectivity index (χ1v) is 10.3. The molecule has 2 N–H and O–H groups in total. The molecule has 1 heterocycles. The highest BCUT2D eigenvalue weighted by Gasteiger charge is 2.19. The van der Waals surface area contributed by atoms with Crippen LogP contribution in [0, 0.1) is 0 Å². The number of amides is 1. The Morgan fingerprint density at radius 3 is 2.57 bits per heavy atom. The molecule has 2 aromatic carbocycles. The van der Waals surface area contributed by atoms with Gasteiger partial charge >= 0.3 is 0 Å². The Hall–Kier alpha value is -2.24. The zero-order valence-electron chi connectivity index (χ0n) is 16.4. The highest BCUT2D eigenvalue weighted by atomic mass is 35.5. The third kappa shape index (κ3) is 5.88. The molecule has 1 amide bonds. The molecule has 0 atom stereocenters. The molecule has 3 rings (SSSR count). The van der Waals surface area contributed by atoms with Crippen molar-refractivity contribution in [2.24, 2.45) is 0 Å². The minimum absolute atomic E-state index is 0.0230. The van der Waals surface area contributed by atoms with Gasteiger partial charge in [0, 0.05) is 22.8 Å². The topological polar surface area (TPSA) is 46.0 Å². The van der Waals surface area contributed by atoms with Gasteiger partial charge in [-0.15, -0.1) is 0 Å². The highest BCUT2D eigenvalue weighted by Crippen LogP contribution is 2.19. The van der Waals surface area contributed by atoms with Crippen molar-refractivity contribution in [1.29, 1.82) is 0 Å². The molecule has 0 bridgehead atoms. The lowest BCUT2D eigenvalue weighted by molar-refractivity contribution is -0.900. The van der Waals surface area contributed by atoms with Gasteiger partial charge in [-0.25, -0.2) is 0 Å². The van der Waals surface area contributed by atoms with Gasteiger partial charge in [0.2, 0.25) is 0 Å². The van der Waals surface area contributed by atoms with Crippen LogP contribution in [0.2, 0.25) is 5.02 Å². The van der Waals surface area contributed by atoms with E-state index in [0.29, 0.717) is 12.1 Å². The van der Waals surface area contributed by atoms with Crippen molar-refractivity contribution in [2.45, 2.75) is 12.8 Å². The van der Waals surface area contributed by atoms with Crippen molar-refractivity contribution in [3.05, 3.63) is 59.1 Å². The molecule has 1 saturated heterocycles. The molecular weight excluding hydrogens is 374 g/mol. The number of methoxy groups -OCH3 is 1. The average molecular weight is 403 g/mol. The summed E-state index contributed by atoms with van der Waals surface area (Å²) in [6.45, 7) is 6.28. The first-order chi connectivity index (χ1) is 13.7. The lowest BCUT2D eigenvalue weighted by Gasteiger charge is -2.33. The maximum Gasteiger partial charge on any atom is 0.251 e. The molecule has 0 radical (unpaired) electrons. The number of hydrogen-bond acceptors (Lipinski definition) is 3. The minimum Gasteiger partial charge on any atom is -0.497 e. The maximum atomic E-state index is 12.1. The molecule has 0 aromatic heterocycles. The number of carbonyl (C=O) groups excluding carboxylic acids is 1. The normalized spacial score (nSPS) is 14.7. The van der Waals surface area contributed by atoms with Crippen molar-refractivity contribution in [3.63, 3.8) is 0 Å². The molecular formula is C22H29ClN3O2+.